The molecule has 4 nitrogen and oxygen atoms in total. The average molecular weight is 274 g/mol. The van der Waals surface area contributed by atoms with Crippen molar-refractivity contribution in [1.82, 2.24) is 4.90 Å². The van der Waals surface area contributed by atoms with Crippen LogP contribution in [0.4, 0.5) is 5.69 Å². The van der Waals surface area contributed by atoms with Crippen molar-refractivity contribution in [3.8, 4) is 0 Å². The van der Waals surface area contributed by atoms with Crippen LogP contribution in [-0.2, 0) is 0 Å². The minimum absolute atomic E-state index is 0.0774. The maximum absolute atomic E-state index is 12.8. The first-order valence-corrected chi connectivity index (χ1v) is 7.35. The second kappa shape index (κ2) is 4.77. The summed E-state index contributed by atoms with van der Waals surface area (Å²) in [5.41, 5.74) is 9.32. The fraction of sp³-hybridized carbons (Fsp3) is 0.562. The zero-order valence-electron chi connectivity index (χ0n) is 12.1. The van der Waals surface area contributed by atoms with Crippen LogP contribution in [0.3, 0.4) is 0 Å². The molecule has 0 aliphatic carbocycles. The molecule has 2 bridgehead atoms. The van der Waals surface area contributed by atoms with Gasteiger partial charge in [0.05, 0.1) is 6.10 Å². The molecule has 2 saturated heterocycles. The Balaban J connectivity index is 1.92. The molecule has 0 saturated carbocycles. The molecule has 108 valence electrons. The van der Waals surface area contributed by atoms with Crippen molar-refractivity contribution >= 4 is 11.6 Å². The average Bonchev–Trinajstić information content (AvgIpc) is 2.65. The summed E-state index contributed by atoms with van der Waals surface area (Å²) in [6, 6.07) is 4.16. The number of nitrogens with zero attached hydrogens (tertiary/aromatic N) is 1. The van der Waals surface area contributed by atoms with E-state index in [1.54, 1.807) is 6.07 Å². The molecule has 2 aliphatic rings. The van der Waals surface area contributed by atoms with Crippen LogP contribution in [0, 0.1) is 13.8 Å². The van der Waals surface area contributed by atoms with Crippen LogP contribution in [0.25, 0.3) is 0 Å². The number of amides is 1. The van der Waals surface area contributed by atoms with E-state index in [-0.39, 0.29) is 24.1 Å². The highest BCUT2D eigenvalue weighted by Gasteiger charge is 2.43. The number of rotatable bonds is 1. The van der Waals surface area contributed by atoms with E-state index >= 15 is 0 Å². The molecule has 1 aromatic carbocycles. The van der Waals surface area contributed by atoms with Gasteiger partial charge in [0.15, 0.2) is 0 Å². The topological polar surface area (TPSA) is 66.6 Å². The number of piperidine rings is 1. The molecule has 0 spiro atoms. The van der Waals surface area contributed by atoms with E-state index in [1.165, 1.54) is 0 Å². The summed E-state index contributed by atoms with van der Waals surface area (Å²) in [5.74, 6) is 0.0774. The summed E-state index contributed by atoms with van der Waals surface area (Å²) in [6.07, 6.45) is 3.19. The van der Waals surface area contributed by atoms with E-state index in [1.807, 2.05) is 24.8 Å². The Morgan fingerprint density at radius 2 is 1.80 bits per heavy atom. The normalized spacial score (nSPS) is 28.8. The van der Waals surface area contributed by atoms with Crippen molar-refractivity contribution in [1.29, 1.82) is 0 Å². The van der Waals surface area contributed by atoms with Gasteiger partial charge in [0, 0.05) is 23.3 Å². The standard InChI is InChI=1S/C16H22N2O2/c1-9-5-10(2)15(17)8-14(9)16(20)18-11-3-4-12(18)7-13(19)6-11/h5,8,11-13,19H,3-4,6-7,17H2,1-2H3. The lowest BCUT2D eigenvalue weighted by Crippen LogP contribution is -2.48. The van der Waals surface area contributed by atoms with Crippen LogP contribution in [0.5, 0.6) is 0 Å². The second-order valence-corrected chi connectivity index (χ2v) is 6.25. The van der Waals surface area contributed by atoms with Gasteiger partial charge >= 0.3 is 0 Å². The lowest BCUT2D eigenvalue weighted by molar-refractivity contribution is 0.0286. The summed E-state index contributed by atoms with van der Waals surface area (Å²) < 4.78 is 0. The second-order valence-electron chi connectivity index (χ2n) is 6.25. The van der Waals surface area contributed by atoms with E-state index in [9.17, 15) is 9.90 Å². The van der Waals surface area contributed by atoms with Crippen LogP contribution in [-0.4, -0.2) is 34.1 Å². The molecule has 4 heteroatoms. The smallest absolute Gasteiger partial charge is 0.254 e. The third kappa shape index (κ3) is 2.08. The predicted molar refractivity (Wildman–Crippen MR) is 78.5 cm³/mol. The van der Waals surface area contributed by atoms with Gasteiger partial charge in [-0.15, -0.1) is 0 Å². The monoisotopic (exact) mass is 274 g/mol. The van der Waals surface area contributed by atoms with E-state index in [4.69, 9.17) is 5.73 Å². The number of benzene rings is 1. The number of fused-ring (bicyclic) bond motifs is 2. The Morgan fingerprint density at radius 3 is 2.40 bits per heavy atom. The number of anilines is 1. The van der Waals surface area contributed by atoms with Crippen molar-refractivity contribution in [3.05, 3.63) is 28.8 Å². The van der Waals surface area contributed by atoms with Crippen LogP contribution < -0.4 is 5.73 Å². The number of nitrogen functional groups attached to an aromatic ring is 1. The highest BCUT2D eigenvalue weighted by atomic mass is 16.3. The van der Waals surface area contributed by atoms with Gasteiger partial charge < -0.3 is 15.7 Å². The Morgan fingerprint density at radius 1 is 1.20 bits per heavy atom. The van der Waals surface area contributed by atoms with E-state index in [0.29, 0.717) is 24.1 Å². The molecule has 2 unspecified atom stereocenters. The highest BCUT2D eigenvalue weighted by Crippen LogP contribution is 2.37. The summed E-state index contributed by atoms with van der Waals surface area (Å²) >= 11 is 0. The summed E-state index contributed by atoms with van der Waals surface area (Å²) in [7, 11) is 0. The van der Waals surface area contributed by atoms with Crippen molar-refractivity contribution in [2.24, 2.45) is 0 Å². The van der Waals surface area contributed by atoms with Crippen LogP contribution >= 0.6 is 0 Å². The molecule has 3 N–H and O–H groups in total. The predicted octanol–water partition coefficient (Wildman–Crippen LogP) is 2.01. The first kappa shape index (κ1) is 13.4. The molecule has 2 atom stereocenters. The first-order valence-electron chi connectivity index (χ1n) is 7.35. The number of hydrogen-bond donors (Lipinski definition) is 2. The fourth-order valence-electron chi connectivity index (χ4n) is 3.72. The number of carbonyl (C=O) groups is 1. The van der Waals surface area contributed by atoms with Crippen molar-refractivity contribution in [2.45, 2.75) is 57.7 Å². The lowest BCUT2D eigenvalue weighted by Gasteiger charge is -2.37. The van der Waals surface area contributed by atoms with Gasteiger partial charge in [0.25, 0.3) is 5.91 Å². The molecule has 0 radical (unpaired) electrons. The number of aliphatic hydroxyl groups excluding tert-OH is 1. The molecule has 0 aromatic heterocycles. The third-order valence-corrected chi connectivity index (χ3v) is 4.79. The number of aryl methyl sites for hydroxylation is 2. The molecule has 3 rings (SSSR count). The Labute approximate surface area is 119 Å². The lowest BCUT2D eigenvalue weighted by atomic mass is 9.96. The SMILES string of the molecule is Cc1cc(C)c(C(=O)N2C3CCC2CC(O)C3)cc1N. The van der Waals surface area contributed by atoms with Gasteiger partial charge in [0.1, 0.15) is 0 Å². The van der Waals surface area contributed by atoms with Gasteiger partial charge in [-0.3, -0.25) is 4.79 Å². The molecule has 20 heavy (non-hydrogen) atoms. The van der Waals surface area contributed by atoms with E-state index < -0.39 is 0 Å². The van der Waals surface area contributed by atoms with Gasteiger partial charge in [-0.1, -0.05) is 6.07 Å². The zero-order valence-corrected chi connectivity index (χ0v) is 12.1. The van der Waals surface area contributed by atoms with Crippen molar-refractivity contribution in [3.63, 3.8) is 0 Å². The fourth-order valence-corrected chi connectivity index (χ4v) is 3.72. The summed E-state index contributed by atoms with van der Waals surface area (Å²) in [6.45, 7) is 3.91. The van der Waals surface area contributed by atoms with Crippen LogP contribution in [0.15, 0.2) is 12.1 Å². The van der Waals surface area contributed by atoms with Gasteiger partial charge in [-0.05, 0) is 56.7 Å². The largest absolute Gasteiger partial charge is 0.398 e. The minimum Gasteiger partial charge on any atom is -0.398 e. The molecular weight excluding hydrogens is 252 g/mol. The first-order chi connectivity index (χ1) is 9.47. The quantitative estimate of drug-likeness (QED) is 0.770. The van der Waals surface area contributed by atoms with Crippen molar-refractivity contribution < 1.29 is 9.90 Å². The highest BCUT2D eigenvalue weighted by molar-refractivity contribution is 5.97. The summed E-state index contributed by atoms with van der Waals surface area (Å²) in [5, 5.41) is 9.84. The Hall–Kier alpha value is -1.55. The van der Waals surface area contributed by atoms with Crippen LogP contribution in [0.1, 0.15) is 47.2 Å². The molecule has 2 aliphatic heterocycles. The molecule has 2 fully saturated rings. The molecule has 1 aromatic rings. The number of carbonyl (C=O) groups excluding carboxylic acids is 1. The number of aliphatic hydroxyl groups is 1. The van der Waals surface area contributed by atoms with Gasteiger partial charge in [-0.2, -0.15) is 0 Å². The molecule has 2 heterocycles. The summed E-state index contributed by atoms with van der Waals surface area (Å²) in [4.78, 5) is 14.8. The van der Waals surface area contributed by atoms with E-state index in [2.05, 4.69) is 0 Å². The maximum atomic E-state index is 12.8. The minimum atomic E-state index is -0.249. The maximum Gasteiger partial charge on any atom is 0.254 e. The Kier molecular flexibility index (Phi) is 3.21. The number of nitrogens with two attached hydrogens (primary N) is 1. The molecular formula is C16H22N2O2. The Bertz CT molecular complexity index is 542. The number of hydrogen-bond acceptors (Lipinski definition) is 3. The van der Waals surface area contributed by atoms with Gasteiger partial charge in [0.2, 0.25) is 0 Å². The van der Waals surface area contributed by atoms with Crippen molar-refractivity contribution in [2.75, 3.05) is 5.73 Å². The van der Waals surface area contributed by atoms with E-state index in [0.717, 1.165) is 24.0 Å². The van der Waals surface area contributed by atoms with Crippen LogP contribution in [0.2, 0.25) is 0 Å². The molecule has 1 amide bonds. The van der Waals surface area contributed by atoms with Gasteiger partial charge in [-0.25, -0.2) is 0 Å². The zero-order chi connectivity index (χ0) is 14.4. The third-order valence-electron chi connectivity index (χ3n) is 4.79.